The van der Waals surface area contributed by atoms with Crippen LogP contribution in [0.5, 0.6) is 0 Å². The Kier molecular flexibility index (Phi) is 5.02. The maximum atomic E-state index is 12.4. The molecule has 5 heteroatoms. The molecule has 1 amide bonds. The van der Waals surface area contributed by atoms with Crippen LogP contribution in [0.4, 0.5) is 0 Å². The highest BCUT2D eigenvalue weighted by molar-refractivity contribution is 5.78. The molecule has 2 aliphatic heterocycles. The predicted octanol–water partition coefficient (Wildman–Crippen LogP) is 1.29. The van der Waals surface area contributed by atoms with Gasteiger partial charge >= 0.3 is 5.97 Å². The number of hydrogen-bond acceptors (Lipinski definition) is 3. The summed E-state index contributed by atoms with van der Waals surface area (Å²) in [4.78, 5) is 27.4. The van der Waals surface area contributed by atoms with Crippen molar-refractivity contribution in [2.45, 2.75) is 33.1 Å². The summed E-state index contributed by atoms with van der Waals surface area (Å²) in [5.41, 5.74) is 0. The minimum absolute atomic E-state index is 0.162. The summed E-state index contributed by atoms with van der Waals surface area (Å²) in [7, 11) is 0. The van der Waals surface area contributed by atoms with Gasteiger partial charge in [0.1, 0.15) is 0 Å². The highest BCUT2D eigenvalue weighted by atomic mass is 16.4. The summed E-state index contributed by atoms with van der Waals surface area (Å²) in [6, 6.07) is 0. The van der Waals surface area contributed by atoms with Crippen molar-refractivity contribution in [1.82, 2.24) is 9.80 Å². The van der Waals surface area contributed by atoms with E-state index in [1.54, 1.807) is 0 Å². The first-order valence-corrected chi connectivity index (χ1v) is 7.68. The Bertz CT molecular complexity index is 362. The number of carboxylic acid groups (broad SMARTS) is 1. The first-order chi connectivity index (χ1) is 9.45. The van der Waals surface area contributed by atoms with Crippen molar-refractivity contribution < 1.29 is 14.7 Å². The van der Waals surface area contributed by atoms with Crippen molar-refractivity contribution in [3.05, 3.63) is 0 Å². The van der Waals surface area contributed by atoms with Gasteiger partial charge < -0.3 is 10.0 Å². The summed E-state index contributed by atoms with van der Waals surface area (Å²) in [5.74, 6) is 0.249. The van der Waals surface area contributed by atoms with Crippen LogP contribution in [-0.4, -0.2) is 59.5 Å². The molecule has 0 bridgehead atoms. The van der Waals surface area contributed by atoms with Gasteiger partial charge in [0.25, 0.3) is 0 Å². The van der Waals surface area contributed by atoms with Gasteiger partial charge in [-0.2, -0.15) is 0 Å². The zero-order valence-corrected chi connectivity index (χ0v) is 12.5. The van der Waals surface area contributed by atoms with Crippen LogP contribution in [0.1, 0.15) is 33.1 Å². The Morgan fingerprint density at radius 2 is 1.80 bits per heavy atom. The van der Waals surface area contributed by atoms with E-state index < -0.39 is 5.97 Å². The largest absolute Gasteiger partial charge is 0.481 e. The Morgan fingerprint density at radius 3 is 2.40 bits per heavy atom. The lowest BCUT2D eigenvalue weighted by atomic mass is 9.92. The average molecular weight is 282 g/mol. The molecule has 114 valence electrons. The fourth-order valence-electron chi connectivity index (χ4n) is 3.56. The Morgan fingerprint density at radius 1 is 1.15 bits per heavy atom. The number of carboxylic acids is 1. The van der Waals surface area contributed by atoms with Crippen LogP contribution >= 0.6 is 0 Å². The number of carbonyl (C=O) groups excluding carboxylic acids is 1. The molecule has 0 aromatic rings. The molecule has 2 fully saturated rings. The first-order valence-electron chi connectivity index (χ1n) is 7.68. The second-order valence-electron chi connectivity index (χ2n) is 6.66. The van der Waals surface area contributed by atoms with Crippen molar-refractivity contribution in [3.8, 4) is 0 Å². The van der Waals surface area contributed by atoms with Crippen molar-refractivity contribution in [2.75, 3.05) is 32.7 Å². The lowest BCUT2D eigenvalue weighted by Gasteiger charge is -2.37. The van der Waals surface area contributed by atoms with E-state index in [9.17, 15) is 9.59 Å². The molecule has 2 aliphatic rings. The minimum Gasteiger partial charge on any atom is -0.481 e. The van der Waals surface area contributed by atoms with Crippen molar-refractivity contribution in [3.63, 3.8) is 0 Å². The third-order valence-corrected chi connectivity index (χ3v) is 4.44. The van der Waals surface area contributed by atoms with Crippen LogP contribution in [-0.2, 0) is 9.59 Å². The predicted molar refractivity (Wildman–Crippen MR) is 76.3 cm³/mol. The number of amides is 1. The molecule has 0 radical (unpaired) electrons. The summed E-state index contributed by atoms with van der Waals surface area (Å²) in [5, 5.41) is 9.09. The van der Waals surface area contributed by atoms with Gasteiger partial charge in [-0.05, 0) is 37.6 Å². The van der Waals surface area contributed by atoms with Crippen molar-refractivity contribution >= 4 is 11.9 Å². The number of carbonyl (C=O) groups is 2. The van der Waals surface area contributed by atoms with E-state index >= 15 is 0 Å². The van der Waals surface area contributed by atoms with Gasteiger partial charge in [0.05, 0.1) is 12.5 Å². The highest BCUT2D eigenvalue weighted by Crippen LogP contribution is 2.22. The summed E-state index contributed by atoms with van der Waals surface area (Å²) in [6.45, 7) is 7.81. The molecule has 3 unspecified atom stereocenters. The van der Waals surface area contributed by atoms with Crippen LogP contribution in [0.3, 0.4) is 0 Å². The molecule has 2 saturated heterocycles. The van der Waals surface area contributed by atoms with E-state index in [4.69, 9.17) is 5.11 Å². The van der Waals surface area contributed by atoms with Gasteiger partial charge in [0.15, 0.2) is 0 Å². The second-order valence-corrected chi connectivity index (χ2v) is 6.66. The number of piperidine rings is 2. The molecule has 2 rings (SSSR count). The first kappa shape index (κ1) is 15.3. The molecule has 0 spiro atoms. The smallest absolute Gasteiger partial charge is 0.307 e. The number of aliphatic carboxylic acids is 1. The van der Waals surface area contributed by atoms with E-state index in [1.807, 2.05) is 9.80 Å². The summed E-state index contributed by atoms with van der Waals surface area (Å²) >= 11 is 0. The Labute approximate surface area is 120 Å². The average Bonchev–Trinajstić information content (AvgIpc) is 2.37. The molecular weight excluding hydrogens is 256 g/mol. The topological polar surface area (TPSA) is 60.9 Å². The fraction of sp³-hybridized carbons (Fsp3) is 0.867. The number of likely N-dealkylation sites (tertiary alicyclic amines) is 2. The van der Waals surface area contributed by atoms with E-state index in [2.05, 4.69) is 13.8 Å². The molecule has 0 aliphatic carbocycles. The number of rotatable bonds is 3. The van der Waals surface area contributed by atoms with E-state index in [-0.39, 0.29) is 11.8 Å². The van der Waals surface area contributed by atoms with E-state index in [0.717, 1.165) is 32.5 Å². The molecule has 3 atom stereocenters. The standard InChI is InChI=1S/C15H26N2O3/c1-11-6-12(2)8-17(7-11)14(18)10-16-5-3-4-13(9-16)15(19)20/h11-13H,3-10H2,1-2H3,(H,19,20). The summed E-state index contributed by atoms with van der Waals surface area (Å²) in [6.07, 6.45) is 2.80. The molecule has 1 N–H and O–H groups in total. The summed E-state index contributed by atoms with van der Waals surface area (Å²) < 4.78 is 0. The third kappa shape index (κ3) is 3.95. The molecule has 2 heterocycles. The monoisotopic (exact) mass is 282 g/mol. The second kappa shape index (κ2) is 6.57. The van der Waals surface area contributed by atoms with Crippen LogP contribution in [0.2, 0.25) is 0 Å². The van der Waals surface area contributed by atoms with Gasteiger partial charge in [-0.15, -0.1) is 0 Å². The fourth-order valence-corrected chi connectivity index (χ4v) is 3.56. The van der Waals surface area contributed by atoms with Gasteiger partial charge in [0.2, 0.25) is 5.91 Å². The quantitative estimate of drug-likeness (QED) is 0.847. The normalized spacial score (nSPS) is 32.1. The zero-order valence-electron chi connectivity index (χ0n) is 12.5. The van der Waals surface area contributed by atoms with Gasteiger partial charge in [-0.1, -0.05) is 13.8 Å². The SMILES string of the molecule is CC1CC(C)CN(C(=O)CN2CCCC(C(=O)O)C2)C1. The lowest BCUT2D eigenvalue weighted by Crippen LogP contribution is -2.49. The Hall–Kier alpha value is -1.10. The maximum Gasteiger partial charge on any atom is 0.307 e. The lowest BCUT2D eigenvalue weighted by molar-refractivity contribution is -0.145. The van der Waals surface area contributed by atoms with Crippen LogP contribution in [0, 0.1) is 17.8 Å². The molecular formula is C15H26N2O3. The molecule has 0 aromatic heterocycles. The highest BCUT2D eigenvalue weighted by Gasteiger charge is 2.29. The van der Waals surface area contributed by atoms with Crippen LogP contribution in [0.25, 0.3) is 0 Å². The van der Waals surface area contributed by atoms with Crippen molar-refractivity contribution in [1.29, 1.82) is 0 Å². The van der Waals surface area contributed by atoms with E-state index in [0.29, 0.717) is 24.9 Å². The molecule has 20 heavy (non-hydrogen) atoms. The van der Waals surface area contributed by atoms with Gasteiger partial charge in [-0.25, -0.2) is 0 Å². The Balaban J connectivity index is 1.86. The molecule has 5 nitrogen and oxygen atoms in total. The van der Waals surface area contributed by atoms with Crippen molar-refractivity contribution in [2.24, 2.45) is 17.8 Å². The van der Waals surface area contributed by atoms with Crippen LogP contribution < -0.4 is 0 Å². The van der Waals surface area contributed by atoms with Gasteiger partial charge in [-0.3, -0.25) is 14.5 Å². The van der Waals surface area contributed by atoms with E-state index in [1.165, 1.54) is 6.42 Å². The molecule has 0 saturated carbocycles. The van der Waals surface area contributed by atoms with Crippen LogP contribution in [0.15, 0.2) is 0 Å². The third-order valence-electron chi connectivity index (χ3n) is 4.44. The maximum absolute atomic E-state index is 12.4. The number of nitrogens with zero attached hydrogens (tertiary/aromatic N) is 2. The zero-order chi connectivity index (χ0) is 14.7. The van der Waals surface area contributed by atoms with Gasteiger partial charge in [0, 0.05) is 19.6 Å². The number of hydrogen-bond donors (Lipinski definition) is 1. The minimum atomic E-state index is -0.734. The molecule has 0 aromatic carbocycles.